The second-order valence-corrected chi connectivity index (χ2v) is 4.75. The smallest absolute Gasteiger partial charge is 0.305 e. The number of esters is 1. The fourth-order valence-corrected chi connectivity index (χ4v) is 1.98. The van der Waals surface area contributed by atoms with Crippen molar-refractivity contribution in [1.29, 1.82) is 0 Å². The minimum Gasteiger partial charge on any atom is -0.466 e. The molecule has 0 heterocycles. The molecule has 1 aromatic carbocycles. The third-order valence-electron chi connectivity index (χ3n) is 3.02. The molecule has 0 atom stereocenters. The summed E-state index contributed by atoms with van der Waals surface area (Å²) >= 11 is 0. The Bertz CT molecular complexity index is 396. The quantitative estimate of drug-likeness (QED) is 0.529. The summed E-state index contributed by atoms with van der Waals surface area (Å²) in [5, 5.41) is 3.33. The van der Waals surface area contributed by atoms with Crippen LogP contribution in [-0.2, 0) is 16.0 Å². The molecule has 0 aromatic heterocycles. The van der Waals surface area contributed by atoms with Gasteiger partial charge in [-0.2, -0.15) is 0 Å². The monoisotopic (exact) mass is 281 g/mol. The van der Waals surface area contributed by atoms with Gasteiger partial charge in [-0.05, 0) is 57.0 Å². The number of unbranched alkanes of at least 4 members (excludes halogenated alkanes) is 2. The summed E-state index contributed by atoms with van der Waals surface area (Å²) in [7, 11) is 0. The second kappa shape index (κ2) is 10.4. The maximum atomic E-state index is 12.9. The van der Waals surface area contributed by atoms with Crippen LogP contribution in [0.5, 0.6) is 0 Å². The Labute approximate surface area is 120 Å². The molecule has 0 unspecified atom stereocenters. The van der Waals surface area contributed by atoms with Gasteiger partial charge >= 0.3 is 5.97 Å². The van der Waals surface area contributed by atoms with E-state index >= 15 is 0 Å². The lowest BCUT2D eigenvalue weighted by molar-refractivity contribution is -0.143. The van der Waals surface area contributed by atoms with Gasteiger partial charge in [0.05, 0.1) is 6.61 Å². The molecular formula is C16H24FNO2. The topological polar surface area (TPSA) is 38.3 Å². The summed E-state index contributed by atoms with van der Waals surface area (Å²) < 4.78 is 17.8. The number of hydrogen-bond acceptors (Lipinski definition) is 3. The van der Waals surface area contributed by atoms with Gasteiger partial charge in [0.2, 0.25) is 0 Å². The third kappa shape index (κ3) is 7.89. The van der Waals surface area contributed by atoms with Gasteiger partial charge in [-0.3, -0.25) is 4.79 Å². The van der Waals surface area contributed by atoms with E-state index in [0.29, 0.717) is 13.0 Å². The van der Waals surface area contributed by atoms with Gasteiger partial charge in [0.15, 0.2) is 0 Å². The molecule has 0 radical (unpaired) electrons. The van der Waals surface area contributed by atoms with Crippen LogP contribution in [-0.4, -0.2) is 25.7 Å². The molecule has 0 saturated carbocycles. The van der Waals surface area contributed by atoms with Crippen molar-refractivity contribution in [2.45, 2.75) is 39.0 Å². The molecule has 0 amide bonds. The summed E-state index contributed by atoms with van der Waals surface area (Å²) in [6.07, 6.45) is 4.29. The Hall–Kier alpha value is -1.42. The van der Waals surface area contributed by atoms with E-state index in [2.05, 4.69) is 5.32 Å². The maximum absolute atomic E-state index is 12.9. The molecule has 0 aliphatic rings. The van der Waals surface area contributed by atoms with Gasteiger partial charge in [-0.15, -0.1) is 0 Å². The lowest BCUT2D eigenvalue weighted by Crippen LogP contribution is -2.18. The number of benzene rings is 1. The molecule has 0 bridgehead atoms. The van der Waals surface area contributed by atoms with Gasteiger partial charge in [-0.25, -0.2) is 4.39 Å². The SMILES string of the molecule is CCOC(=O)CCCCCNCCc1cccc(F)c1. The van der Waals surface area contributed by atoms with Crippen LogP contribution < -0.4 is 5.32 Å². The average Bonchev–Trinajstić information content (AvgIpc) is 2.42. The molecule has 0 aliphatic heterocycles. The first-order valence-corrected chi connectivity index (χ1v) is 7.33. The van der Waals surface area contributed by atoms with E-state index in [1.807, 2.05) is 13.0 Å². The molecule has 0 fully saturated rings. The molecule has 1 aromatic rings. The molecule has 4 heteroatoms. The zero-order valence-electron chi connectivity index (χ0n) is 12.2. The molecular weight excluding hydrogens is 257 g/mol. The van der Waals surface area contributed by atoms with Crippen molar-refractivity contribution in [3.05, 3.63) is 35.6 Å². The normalized spacial score (nSPS) is 10.5. The number of rotatable bonds is 10. The van der Waals surface area contributed by atoms with E-state index < -0.39 is 0 Å². The average molecular weight is 281 g/mol. The van der Waals surface area contributed by atoms with E-state index in [0.717, 1.165) is 44.3 Å². The van der Waals surface area contributed by atoms with Gasteiger partial charge in [0.1, 0.15) is 5.82 Å². The first-order valence-electron chi connectivity index (χ1n) is 7.33. The van der Waals surface area contributed by atoms with E-state index in [1.165, 1.54) is 6.07 Å². The van der Waals surface area contributed by atoms with Crippen LogP contribution in [0.15, 0.2) is 24.3 Å². The third-order valence-corrected chi connectivity index (χ3v) is 3.02. The van der Waals surface area contributed by atoms with E-state index in [-0.39, 0.29) is 11.8 Å². The lowest BCUT2D eigenvalue weighted by atomic mass is 10.1. The van der Waals surface area contributed by atoms with Crippen LogP contribution in [0.2, 0.25) is 0 Å². The van der Waals surface area contributed by atoms with Crippen molar-refractivity contribution in [1.82, 2.24) is 5.32 Å². The van der Waals surface area contributed by atoms with Crippen LogP contribution in [0.4, 0.5) is 4.39 Å². The highest BCUT2D eigenvalue weighted by Gasteiger charge is 2.00. The largest absolute Gasteiger partial charge is 0.466 e. The Morgan fingerprint density at radius 2 is 2.10 bits per heavy atom. The van der Waals surface area contributed by atoms with Crippen molar-refractivity contribution in [3.63, 3.8) is 0 Å². The van der Waals surface area contributed by atoms with Crippen LogP contribution in [0.3, 0.4) is 0 Å². The number of ether oxygens (including phenoxy) is 1. The Balaban J connectivity index is 1.94. The van der Waals surface area contributed by atoms with Crippen LogP contribution in [0.25, 0.3) is 0 Å². The van der Waals surface area contributed by atoms with E-state index in [1.54, 1.807) is 12.1 Å². The van der Waals surface area contributed by atoms with E-state index in [4.69, 9.17) is 4.74 Å². The lowest BCUT2D eigenvalue weighted by Gasteiger charge is -2.05. The highest BCUT2D eigenvalue weighted by molar-refractivity contribution is 5.69. The zero-order valence-corrected chi connectivity index (χ0v) is 12.2. The van der Waals surface area contributed by atoms with Crippen molar-refractivity contribution < 1.29 is 13.9 Å². The van der Waals surface area contributed by atoms with Crippen LogP contribution >= 0.6 is 0 Å². The summed E-state index contributed by atoms with van der Waals surface area (Å²) in [4.78, 5) is 11.1. The molecule has 20 heavy (non-hydrogen) atoms. The summed E-state index contributed by atoms with van der Waals surface area (Å²) in [6.45, 7) is 4.06. The minimum absolute atomic E-state index is 0.105. The number of hydrogen-bond donors (Lipinski definition) is 1. The molecule has 3 nitrogen and oxygen atoms in total. The first kappa shape index (κ1) is 16.6. The fourth-order valence-electron chi connectivity index (χ4n) is 1.98. The fraction of sp³-hybridized carbons (Fsp3) is 0.562. The predicted octanol–water partition coefficient (Wildman–Crippen LogP) is 3.08. The zero-order chi connectivity index (χ0) is 14.6. The van der Waals surface area contributed by atoms with Crippen LogP contribution in [0.1, 0.15) is 38.2 Å². The number of nitrogens with one attached hydrogen (secondary N) is 1. The van der Waals surface area contributed by atoms with Crippen molar-refractivity contribution in [2.24, 2.45) is 0 Å². The molecule has 1 N–H and O–H groups in total. The molecule has 0 aliphatic carbocycles. The summed E-state index contributed by atoms with van der Waals surface area (Å²) in [5.41, 5.74) is 1.01. The highest BCUT2D eigenvalue weighted by Crippen LogP contribution is 2.04. The molecule has 112 valence electrons. The van der Waals surface area contributed by atoms with Crippen LogP contribution in [0, 0.1) is 5.82 Å². The Kier molecular flexibility index (Phi) is 8.63. The Morgan fingerprint density at radius 3 is 2.85 bits per heavy atom. The summed E-state index contributed by atoms with van der Waals surface area (Å²) in [5.74, 6) is -0.284. The van der Waals surface area contributed by atoms with Gasteiger partial charge in [0, 0.05) is 6.42 Å². The van der Waals surface area contributed by atoms with Crippen molar-refractivity contribution in [3.8, 4) is 0 Å². The number of carbonyl (C=O) groups excluding carboxylic acids is 1. The van der Waals surface area contributed by atoms with Crippen molar-refractivity contribution in [2.75, 3.05) is 19.7 Å². The molecule has 0 saturated heterocycles. The predicted molar refractivity (Wildman–Crippen MR) is 78.1 cm³/mol. The molecule has 0 spiro atoms. The van der Waals surface area contributed by atoms with Gasteiger partial charge in [0.25, 0.3) is 0 Å². The van der Waals surface area contributed by atoms with E-state index in [9.17, 15) is 9.18 Å². The number of halogens is 1. The first-order chi connectivity index (χ1) is 9.72. The maximum Gasteiger partial charge on any atom is 0.305 e. The van der Waals surface area contributed by atoms with Gasteiger partial charge < -0.3 is 10.1 Å². The standard InChI is InChI=1S/C16H24FNO2/c1-2-20-16(19)9-4-3-5-11-18-12-10-14-7-6-8-15(17)13-14/h6-8,13,18H,2-5,9-12H2,1H3. The van der Waals surface area contributed by atoms with Gasteiger partial charge in [-0.1, -0.05) is 18.6 Å². The summed E-state index contributed by atoms with van der Waals surface area (Å²) in [6, 6.07) is 6.70. The number of carbonyl (C=O) groups is 1. The van der Waals surface area contributed by atoms with Crippen molar-refractivity contribution >= 4 is 5.97 Å². The molecule has 1 rings (SSSR count). The second-order valence-electron chi connectivity index (χ2n) is 4.75. The highest BCUT2D eigenvalue weighted by atomic mass is 19.1. The minimum atomic E-state index is -0.179. The Morgan fingerprint density at radius 1 is 1.25 bits per heavy atom.